The van der Waals surface area contributed by atoms with Crippen LogP contribution in [0.5, 0.6) is 0 Å². The summed E-state index contributed by atoms with van der Waals surface area (Å²) in [6.45, 7) is 2.58. The van der Waals surface area contributed by atoms with Crippen LogP contribution in [0.4, 0.5) is 0 Å². The fourth-order valence-corrected chi connectivity index (χ4v) is 2.79. The topological polar surface area (TPSA) is 34.9 Å². The van der Waals surface area contributed by atoms with E-state index in [4.69, 9.17) is 23.2 Å². The van der Waals surface area contributed by atoms with Crippen molar-refractivity contribution in [3.05, 3.63) is 50.2 Å². The van der Waals surface area contributed by atoms with Crippen molar-refractivity contribution in [2.45, 2.75) is 19.9 Å². The standard InChI is InChI=1S/C13H11BrCl2N2O/c1-2-18-13(10(14)7-17-18)12(19)5-8-3-4-9(15)6-11(8)16/h3-4,6-7H,2,5H2,1H3. The van der Waals surface area contributed by atoms with Gasteiger partial charge in [0, 0.05) is 23.0 Å². The van der Waals surface area contributed by atoms with E-state index in [1.54, 1.807) is 29.1 Å². The average Bonchev–Trinajstić information content (AvgIpc) is 2.74. The van der Waals surface area contributed by atoms with Crippen molar-refractivity contribution in [1.29, 1.82) is 0 Å². The molecule has 0 N–H and O–H groups in total. The molecule has 2 aromatic rings. The molecule has 0 unspecified atom stereocenters. The van der Waals surface area contributed by atoms with E-state index in [0.717, 1.165) is 5.56 Å². The van der Waals surface area contributed by atoms with Crippen molar-refractivity contribution >= 4 is 44.9 Å². The summed E-state index contributed by atoms with van der Waals surface area (Å²) in [6, 6.07) is 5.13. The van der Waals surface area contributed by atoms with E-state index in [1.165, 1.54) is 0 Å². The molecule has 0 saturated heterocycles. The van der Waals surface area contributed by atoms with Gasteiger partial charge in [0.25, 0.3) is 0 Å². The molecule has 0 fully saturated rings. The second kappa shape index (κ2) is 6.07. The molecule has 100 valence electrons. The highest BCUT2D eigenvalue weighted by molar-refractivity contribution is 9.10. The molecule has 0 aliphatic rings. The Labute approximate surface area is 129 Å². The monoisotopic (exact) mass is 360 g/mol. The van der Waals surface area contributed by atoms with Crippen molar-refractivity contribution in [3.8, 4) is 0 Å². The summed E-state index contributed by atoms with van der Waals surface area (Å²) in [5.41, 5.74) is 1.32. The van der Waals surface area contributed by atoms with Gasteiger partial charge in [0.05, 0.1) is 10.7 Å². The first-order valence-corrected chi connectivity index (χ1v) is 7.26. The van der Waals surface area contributed by atoms with Crippen LogP contribution in [0.25, 0.3) is 0 Å². The lowest BCUT2D eigenvalue weighted by Crippen LogP contribution is -2.12. The summed E-state index contributed by atoms with van der Waals surface area (Å²) in [5, 5.41) is 5.18. The second-order valence-corrected chi connectivity index (χ2v) is 5.69. The van der Waals surface area contributed by atoms with Gasteiger partial charge in [-0.15, -0.1) is 0 Å². The van der Waals surface area contributed by atoms with Gasteiger partial charge in [0.2, 0.25) is 0 Å². The van der Waals surface area contributed by atoms with Gasteiger partial charge < -0.3 is 0 Å². The van der Waals surface area contributed by atoms with Crippen molar-refractivity contribution in [1.82, 2.24) is 9.78 Å². The van der Waals surface area contributed by atoms with Crippen LogP contribution < -0.4 is 0 Å². The van der Waals surface area contributed by atoms with Crippen LogP contribution in [0, 0.1) is 0 Å². The Morgan fingerprint density at radius 3 is 2.79 bits per heavy atom. The normalized spacial score (nSPS) is 10.7. The highest BCUT2D eigenvalue weighted by Crippen LogP contribution is 2.24. The number of halogens is 3. The van der Waals surface area contributed by atoms with E-state index in [0.29, 0.717) is 26.8 Å². The van der Waals surface area contributed by atoms with Gasteiger partial charge in [-0.1, -0.05) is 29.3 Å². The minimum absolute atomic E-state index is 0.0320. The number of aromatic nitrogens is 2. The molecule has 0 spiro atoms. The zero-order chi connectivity index (χ0) is 14.0. The van der Waals surface area contributed by atoms with Crippen molar-refractivity contribution in [2.75, 3.05) is 0 Å². The number of aryl methyl sites for hydroxylation is 1. The van der Waals surface area contributed by atoms with Crippen LogP contribution >= 0.6 is 39.1 Å². The van der Waals surface area contributed by atoms with Gasteiger partial charge in [-0.3, -0.25) is 9.48 Å². The van der Waals surface area contributed by atoms with Crippen LogP contribution in [-0.2, 0) is 13.0 Å². The third-order valence-corrected chi connectivity index (χ3v) is 3.89. The second-order valence-electron chi connectivity index (χ2n) is 3.99. The molecule has 0 aliphatic heterocycles. The first-order chi connectivity index (χ1) is 9.02. The first-order valence-electron chi connectivity index (χ1n) is 5.71. The van der Waals surface area contributed by atoms with Gasteiger partial charge in [-0.05, 0) is 40.5 Å². The molecule has 0 amide bonds. The quantitative estimate of drug-likeness (QED) is 0.756. The molecule has 1 aromatic carbocycles. The van der Waals surface area contributed by atoms with E-state index in [-0.39, 0.29) is 12.2 Å². The third-order valence-electron chi connectivity index (χ3n) is 2.72. The molecule has 2 rings (SSSR count). The van der Waals surface area contributed by atoms with Crippen molar-refractivity contribution in [3.63, 3.8) is 0 Å². The molecule has 0 radical (unpaired) electrons. The Morgan fingerprint density at radius 2 is 2.16 bits per heavy atom. The minimum atomic E-state index is -0.0320. The average molecular weight is 362 g/mol. The van der Waals surface area contributed by atoms with Crippen LogP contribution in [0.3, 0.4) is 0 Å². The van der Waals surface area contributed by atoms with E-state index < -0.39 is 0 Å². The smallest absolute Gasteiger partial charge is 0.186 e. The van der Waals surface area contributed by atoms with Gasteiger partial charge in [-0.2, -0.15) is 5.10 Å². The highest BCUT2D eigenvalue weighted by atomic mass is 79.9. The Balaban J connectivity index is 2.28. The molecule has 3 nitrogen and oxygen atoms in total. The number of Topliss-reactive ketones (excluding diaryl/α,β-unsaturated/α-hetero) is 1. The lowest BCUT2D eigenvalue weighted by atomic mass is 10.1. The van der Waals surface area contributed by atoms with Gasteiger partial charge in [0.15, 0.2) is 5.78 Å². The zero-order valence-electron chi connectivity index (χ0n) is 10.2. The van der Waals surface area contributed by atoms with E-state index in [1.807, 2.05) is 6.92 Å². The Hall–Kier alpha value is -0.840. The maximum Gasteiger partial charge on any atom is 0.186 e. The van der Waals surface area contributed by atoms with E-state index >= 15 is 0 Å². The Kier molecular flexibility index (Phi) is 4.66. The van der Waals surface area contributed by atoms with Gasteiger partial charge in [0.1, 0.15) is 5.69 Å². The molecule has 19 heavy (non-hydrogen) atoms. The Bertz CT molecular complexity index is 625. The van der Waals surface area contributed by atoms with Crippen LogP contribution in [0.2, 0.25) is 10.0 Å². The lowest BCUT2D eigenvalue weighted by Gasteiger charge is -2.06. The number of hydrogen-bond acceptors (Lipinski definition) is 2. The number of hydrogen-bond donors (Lipinski definition) is 0. The predicted octanol–water partition coefficient (Wildman–Crippen LogP) is 4.40. The van der Waals surface area contributed by atoms with Crippen molar-refractivity contribution in [2.24, 2.45) is 0 Å². The molecular weight excluding hydrogens is 351 g/mol. The predicted molar refractivity (Wildman–Crippen MR) is 80.1 cm³/mol. The summed E-state index contributed by atoms with van der Waals surface area (Å²) < 4.78 is 2.36. The summed E-state index contributed by atoms with van der Waals surface area (Å²) >= 11 is 15.3. The first kappa shape index (κ1) is 14.6. The molecular formula is C13H11BrCl2N2O. The number of carbonyl (C=O) groups excluding carboxylic acids is 1. The fraction of sp³-hybridized carbons (Fsp3) is 0.231. The summed E-state index contributed by atoms with van der Waals surface area (Å²) in [6.07, 6.45) is 1.85. The number of nitrogens with zero attached hydrogens (tertiary/aromatic N) is 2. The Morgan fingerprint density at radius 1 is 1.42 bits per heavy atom. The molecule has 0 atom stereocenters. The molecule has 0 saturated carbocycles. The largest absolute Gasteiger partial charge is 0.292 e. The highest BCUT2D eigenvalue weighted by Gasteiger charge is 2.17. The maximum absolute atomic E-state index is 12.3. The molecule has 1 heterocycles. The molecule has 0 aliphatic carbocycles. The summed E-state index contributed by atoms with van der Waals surface area (Å²) in [7, 11) is 0. The van der Waals surface area contributed by atoms with E-state index in [9.17, 15) is 4.79 Å². The summed E-state index contributed by atoms with van der Waals surface area (Å²) in [5.74, 6) is -0.0320. The number of carbonyl (C=O) groups is 1. The number of ketones is 1. The van der Waals surface area contributed by atoms with Crippen molar-refractivity contribution < 1.29 is 4.79 Å². The van der Waals surface area contributed by atoms with Crippen LogP contribution in [0.1, 0.15) is 23.0 Å². The molecule has 0 bridgehead atoms. The van der Waals surface area contributed by atoms with Gasteiger partial charge >= 0.3 is 0 Å². The minimum Gasteiger partial charge on any atom is -0.292 e. The molecule has 1 aromatic heterocycles. The maximum atomic E-state index is 12.3. The zero-order valence-corrected chi connectivity index (χ0v) is 13.3. The lowest BCUT2D eigenvalue weighted by molar-refractivity contribution is 0.0982. The third kappa shape index (κ3) is 3.19. The summed E-state index contributed by atoms with van der Waals surface area (Å²) in [4.78, 5) is 12.3. The molecule has 6 heteroatoms. The van der Waals surface area contributed by atoms with E-state index in [2.05, 4.69) is 21.0 Å². The van der Waals surface area contributed by atoms with Crippen LogP contribution in [0.15, 0.2) is 28.9 Å². The van der Waals surface area contributed by atoms with Crippen LogP contribution in [-0.4, -0.2) is 15.6 Å². The fourth-order valence-electron chi connectivity index (χ4n) is 1.80. The number of rotatable bonds is 4. The SMILES string of the molecule is CCn1ncc(Br)c1C(=O)Cc1ccc(Cl)cc1Cl. The van der Waals surface area contributed by atoms with Gasteiger partial charge in [-0.25, -0.2) is 0 Å². The number of benzene rings is 1.